The number of pyridine rings is 3. The molecule has 0 amide bonds. The molecule has 2 aliphatic carbocycles. The van der Waals surface area contributed by atoms with Crippen molar-refractivity contribution in [1.29, 1.82) is 0 Å². The molecule has 1 aliphatic heterocycles. The minimum Gasteiger partial charge on any atom is -0.474 e. The number of hydrogen-bond donors (Lipinski definition) is 2. The molecule has 2 saturated carbocycles. The van der Waals surface area contributed by atoms with E-state index in [-0.39, 0.29) is 18.1 Å². The molecule has 36 heavy (non-hydrogen) atoms. The number of nitrogens with two attached hydrogens (primary N) is 1. The summed E-state index contributed by atoms with van der Waals surface area (Å²) in [6.45, 7) is 3.79. The summed E-state index contributed by atoms with van der Waals surface area (Å²) in [5.74, 6) is 2.05. The van der Waals surface area contributed by atoms with Gasteiger partial charge in [0.15, 0.2) is 0 Å². The molecule has 9 heteroatoms. The Morgan fingerprint density at radius 1 is 1.17 bits per heavy atom. The van der Waals surface area contributed by atoms with Crippen molar-refractivity contribution in [2.45, 2.75) is 68.9 Å². The summed E-state index contributed by atoms with van der Waals surface area (Å²) in [7, 11) is 0. The number of nitrogens with zero attached hydrogens (tertiary/aromatic N) is 3. The summed E-state index contributed by atoms with van der Waals surface area (Å²) in [6, 6.07) is 5.48. The summed E-state index contributed by atoms with van der Waals surface area (Å²) in [5, 5.41) is 5.86. The number of carbonyl (C=O) groups is 1. The Morgan fingerprint density at radius 2 is 1.97 bits per heavy atom. The van der Waals surface area contributed by atoms with E-state index in [1.807, 2.05) is 44.1 Å². The largest absolute Gasteiger partial charge is 0.474 e. The van der Waals surface area contributed by atoms with Gasteiger partial charge in [-0.15, -0.1) is 0 Å². The van der Waals surface area contributed by atoms with Crippen LogP contribution in [0.25, 0.3) is 10.8 Å². The highest BCUT2D eigenvalue weighted by molar-refractivity contribution is 7.99. The van der Waals surface area contributed by atoms with E-state index in [1.54, 1.807) is 12.1 Å². The normalized spacial score (nSPS) is 23.4. The Morgan fingerprint density at radius 3 is 2.72 bits per heavy atom. The number of anilines is 2. The molecule has 0 bridgehead atoms. The number of hydrogen-bond acceptors (Lipinski definition) is 9. The molecule has 1 atom stereocenters. The summed E-state index contributed by atoms with van der Waals surface area (Å²) in [5.41, 5.74) is 8.30. The zero-order chi connectivity index (χ0) is 25.0. The van der Waals surface area contributed by atoms with Gasteiger partial charge in [0.05, 0.1) is 16.6 Å². The number of nitrogens with one attached hydrogen (secondary N) is 1. The number of thioether (sulfide) groups is 1. The van der Waals surface area contributed by atoms with Crippen molar-refractivity contribution in [2.75, 3.05) is 11.6 Å². The molecule has 0 radical (unpaired) electrons. The van der Waals surface area contributed by atoms with Gasteiger partial charge in [-0.3, -0.25) is 0 Å². The van der Waals surface area contributed by atoms with Gasteiger partial charge in [0.2, 0.25) is 5.88 Å². The minimum atomic E-state index is -0.579. The summed E-state index contributed by atoms with van der Waals surface area (Å²) in [6.07, 6.45) is 10.9. The highest BCUT2D eigenvalue weighted by atomic mass is 32.2. The molecule has 0 saturated heterocycles. The standard InChI is InChI=1S/C27H31N5O3S/c1-27(2)11-21-17(26(33)35-27)6-7-22(31-21)32-23-10-18-19(24(28)14-4-5-14)12-30-25(20(18)13-29-23)34-15-8-16(9-15)36-3/h6-7,10,12-16,24H,4-5,8-9,11,28H2,1-3H3,(H,29,31,32). The van der Waals surface area contributed by atoms with Crippen molar-refractivity contribution in [3.63, 3.8) is 0 Å². The molecule has 3 aromatic heterocycles. The van der Waals surface area contributed by atoms with E-state index >= 15 is 0 Å². The van der Waals surface area contributed by atoms with Crippen molar-refractivity contribution < 1.29 is 14.3 Å². The number of aromatic nitrogens is 3. The summed E-state index contributed by atoms with van der Waals surface area (Å²) >= 11 is 1.89. The van der Waals surface area contributed by atoms with Crippen LogP contribution in [-0.4, -0.2) is 44.1 Å². The highest BCUT2D eigenvalue weighted by Crippen LogP contribution is 2.43. The zero-order valence-electron chi connectivity index (χ0n) is 20.8. The molecule has 8 nitrogen and oxygen atoms in total. The van der Waals surface area contributed by atoms with Gasteiger partial charge in [-0.05, 0) is 80.9 Å². The van der Waals surface area contributed by atoms with Crippen molar-refractivity contribution >= 4 is 40.1 Å². The van der Waals surface area contributed by atoms with Crippen LogP contribution in [-0.2, 0) is 11.2 Å². The molecule has 4 heterocycles. The second kappa shape index (κ2) is 8.88. The van der Waals surface area contributed by atoms with Crippen LogP contribution in [0.3, 0.4) is 0 Å². The number of cyclic esters (lactones) is 1. The Hall–Kier alpha value is -2.91. The Labute approximate surface area is 214 Å². The molecule has 1 unspecified atom stereocenters. The lowest BCUT2D eigenvalue weighted by Gasteiger charge is -2.34. The van der Waals surface area contributed by atoms with Gasteiger partial charge >= 0.3 is 5.97 Å². The Bertz CT molecular complexity index is 1340. The van der Waals surface area contributed by atoms with E-state index in [4.69, 9.17) is 20.2 Å². The first-order valence-electron chi connectivity index (χ1n) is 12.5. The van der Waals surface area contributed by atoms with Crippen LogP contribution in [0.5, 0.6) is 5.88 Å². The van der Waals surface area contributed by atoms with Gasteiger partial charge < -0.3 is 20.5 Å². The fraction of sp³-hybridized carbons (Fsp3) is 0.481. The second-order valence-electron chi connectivity index (χ2n) is 10.7. The fourth-order valence-corrected chi connectivity index (χ4v) is 5.82. The van der Waals surface area contributed by atoms with Gasteiger partial charge in [0.1, 0.15) is 23.3 Å². The van der Waals surface area contributed by atoms with Gasteiger partial charge in [0.25, 0.3) is 0 Å². The first-order chi connectivity index (χ1) is 17.3. The number of rotatable bonds is 7. The Kier molecular flexibility index (Phi) is 5.80. The van der Waals surface area contributed by atoms with Crippen LogP contribution in [0.15, 0.2) is 30.6 Å². The molecule has 0 aromatic carbocycles. The smallest absolute Gasteiger partial charge is 0.340 e. The molecule has 3 aromatic rings. The van der Waals surface area contributed by atoms with E-state index in [0.717, 1.165) is 47.7 Å². The zero-order valence-corrected chi connectivity index (χ0v) is 21.6. The van der Waals surface area contributed by atoms with E-state index in [9.17, 15) is 4.79 Å². The van der Waals surface area contributed by atoms with Gasteiger partial charge in [-0.25, -0.2) is 19.7 Å². The van der Waals surface area contributed by atoms with E-state index in [0.29, 0.717) is 40.7 Å². The van der Waals surface area contributed by atoms with Crippen LogP contribution in [0.1, 0.15) is 67.2 Å². The average molecular weight is 506 g/mol. The van der Waals surface area contributed by atoms with E-state index in [1.165, 1.54) is 0 Å². The quantitative estimate of drug-likeness (QED) is 0.431. The number of esters is 1. The van der Waals surface area contributed by atoms with Crippen molar-refractivity contribution in [3.8, 4) is 5.88 Å². The molecule has 3 aliphatic rings. The van der Waals surface area contributed by atoms with Crippen molar-refractivity contribution in [3.05, 3.63) is 47.4 Å². The molecular weight excluding hydrogens is 474 g/mol. The van der Waals surface area contributed by atoms with Crippen LogP contribution < -0.4 is 15.8 Å². The van der Waals surface area contributed by atoms with Crippen LogP contribution >= 0.6 is 11.8 Å². The topological polar surface area (TPSA) is 112 Å². The fourth-order valence-electron chi connectivity index (χ4n) is 5.00. The van der Waals surface area contributed by atoms with Crippen LogP contribution in [0.4, 0.5) is 11.6 Å². The van der Waals surface area contributed by atoms with Gasteiger partial charge in [0, 0.05) is 30.1 Å². The average Bonchev–Trinajstić information content (AvgIpc) is 3.65. The minimum absolute atomic E-state index is 0.0658. The van der Waals surface area contributed by atoms with E-state index in [2.05, 4.69) is 21.5 Å². The molecule has 3 N–H and O–H groups in total. The molecular formula is C27H31N5O3S. The SMILES string of the molecule is CSC1CC(Oc2ncc(C(N)C3CC3)c3cc(Nc4ccc5c(n4)CC(C)(C)OC5=O)ncc23)C1. The number of ether oxygens (including phenoxy) is 2. The summed E-state index contributed by atoms with van der Waals surface area (Å²) < 4.78 is 11.8. The third-order valence-electron chi connectivity index (χ3n) is 7.33. The maximum Gasteiger partial charge on any atom is 0.340 e. The third-order valence-corrected chi connectivity index (χ3v) is 8.38. The predicted octanol–water partition coefficient (Wildman–Crippen LogP) is 4.94. The summed E-state index contributed by atoms with van der Waals surface area (Å²) in [4.78, 5) is 26.3. The van der Waals surface area contributed by atoms with Gasteiger partial charge in [-0.1, -0.05) is 0 Å². The molecule has 0 spiro atoms. The number of carbonyl (C=O) groups excluding carboxylic acids is 1. The van der Waals surface area contributed by atoms with Crippen LogP contribution in [0.2, 0.25) is 0 Å². The highest BCUT2D eigenvalue weighted by Gasteiger charge is 2.34. The molecule has 188 valence electrons. The van der Waals surface area contributed by atoms with Gasteiger partial charge in [-0.2, -0.15) is 11.8 Å². The Balaban J connectivity index is 1.32. The van der Waals surface area contributed by atoms with Crippen LogP contribution in [0, 0.1) is 5.92 Å². The predicted molar refractivity (Wildman–Crippen MR) is 141 cm³/mol. The maximum absolute atomic E-state index is 12.3. The van der Waals surface area contributed by atoms with E-state index < -0.39 is 5.60 Å². The molecule has 2 fully saturated rings. The maximum atomic E-state index is 12.3. The second-order valence-corrected chi connectivity index (χ2v) is 11.8. The molecule has 6 rings (SSSR count). The lowest BCUT2D eigenvalue weighted by molar-refractivity contribution is -0.00714. The monoisotopic (exact) mass is 505 g/mol. The third kappa shape index (κ3) is 4.50. The lowest BCUT2D eigenvalue weighted by atomic mass is 9.95. The lowest BCUT2D eigenvalue weighted by Crippen LogP contribution is -2.36. The van der Waals surface area contributed by atoms with Crippen molar-refractivity contribution in [1.82, 2.24) is 15.0 Å². The first-order valence-corrected chi connectivity index (χ1v) is 13.8. The number of fused-ring (bicyclic) bond motifs is 2. The first kappa shape index (κ1) is 23.5. The van der Waals surface area contributed by atoms with Crippen molar-refractivity contribution in [2.24, 2.45) is 11.7 Å².